The summed E-state index contributed by atoms with van der Waals surface area (Å²) in [5, 5.41) is 9.09. The van der Waals surface area contributed by atoms with Gasteiger partial charge < -0.3 is 19.8 Å². The molecule has 3 N–H and O–H groups in total. The number of pyridine rings is 1. The number of likely N-dealkylation sites (N-methyl/N-ethyl adjacent to an activating group) is 1. The molecule has 3 aromatic rings. The van der Waals surface area contributed by atoms with Crippen molar-refractivity contribution in [3.8, 4) is 11.5 Å². The van der Waals surface area contributed by atoms with Crippen molar-refractivity contribution in [1.82, 2.24) is 25.2 Å². The molecule has 0 unspecified atom stereocenters. The maximum absolute atomic E-state index is 13.0. The zero-order chi connectivity index (χ0) is 29.5. The SMILES string of the molecule is CN1CC(N2CCN(OC(=O)Nc3cc(Oc4ccc(NC(=O)NC(=O)Cc5ccc(F)cc5)cc4)ccn3)CC2)C1. The van der Waals surface area contributed by atoms with Gasteiger partial charge in [-0.1, -0.05) is 12.1 Å². The molecule has 0 radical (unpaired) electrons. The van der Waals surface area contributed by atoms with Crippen molar-refractivity contribution in [2.75, 3.05) is 56.9 Å². The van der Waals surface area contributed by atoms with E-state index in [1.165, 1.54) is 30.5 Å². The molecule has 0 saturated carbocycles. The number of imide groups is 1. The van der Waals surface area contributed by atoms with Gasteiger partial charge in [0.05, 0.1) is 6.42 Å². The van der Waals surface area contributed by atoms with Gasteiger partial charge in [-0.05, 0) is 55.1 Å². The minimum absolute atomic E-state index is 0.0590. The number of nitrogens with one attached hydrogen (secondary N) is 3. The summed E-state index contributed by atoms with van der Waals surface area (Å²) in [6.07, 6.45) is 0.820. The summed E-state index contributed by atoms with van der Waals surface area (Å²) < 4.78 is 18.9. The van der Waals surface area contributed by atoms with Crippen LogP contribution in [0.3, 0.4) is 0 Å². The second kappa shape index (κ2) is 13.4. The van der Waals surface area contributed by atoms with Crippen molar-refractivity contribution in [3.63, 3.8) is 0 Å². The van der Waals surface area contributed by atoms with Gasteiger partial charge in [-0.2, -0.15) is 0 Å². The molecule has 0 bridgehead atoms. The molecule has 220 valence electrons. The van der Waals surface area contributed by atoms with E-state index in [4.69, 9.17) is 9.57 Å². The first-order valence-corrected chi connectivity index (χ1v) is 13.5. The van der Waals surface area contributed by atoms with Gasteiger partial charge in [-0.3, -0.25) is 20.3 Å². The molecule has 42 heavy (non-hydrogen) atoms. The van der Waals surface area contributed by atoms with Crippen LogP contribution in [0.5, 0.6) is 11.5 Å². The molecule has 5 rings (SSSR count). The highest BCUT2D eigenvalue weighted by atomic mass is 19.1. The Kier molecular flexibility index (Phi) is 9.21. The van der Waals surface area contributed by atoms with Gasteiger partial charge >= 0.3 is 12.1 Å². The van der Waals surface area contributed by atoms with E-state index in [0.717, 1.165) is 26.2 Å². The Morgan fingerprint density at radius 2 is 1.64 bits per heavy atom. The largest absolute Gasteiger partial charge is 0.457 e. The number of halogens is 1. The van der Waals surface area contributed by atoms with Gasteiger partial charge in [0.2, 0.25) is 5.91 Å². The summed E-state index contributed by atoms with van der Waals surface area (Å²) >= 11 is 0. The summed E-state index contributed by atoms with van der Waals surface area (Å²) in [4.78, 5) is 51.0. The summed E-state index contributed by atoms with van der Waals surface area (Å²) in [6, 6.07) is 15.1. The molecule has 2 aliphatic rings. The predicted octanol–water partition coefficient (Wildman–Crippen LogP) is 3.30. The van der Waals surface area contributed by atoms with Gasteiger partial charge in [0.1, 0.15) is 23.1 Å². The number of likely N-dealkylation sites (tertiary alicyclic amines) is 1. The van der Waals surface area contributed by atoms with Crippen LogP contribution in [0.15, 0.2) is 66.9 Å². The smallest absolute Gasteiger partial charge is 0.431 e. The van der Waals surface area contributed by atoms with Crippen LogP contribution in [0.2, 0.25) is 0 Å². The average Bonchev–Trinajstić information content (AvgIpc) is 2.94. The lowest BCUT2D eigenvalue weighted by molar-refractivity contribution is -0.128. The Hall–Kier alpha value is -4.59. The molecule has 2 saturated heterocycles. The van der Waals surface area contributed by atoms with Crippen molar-refractivity contribution in [2.24, 2.45) is 0 Å². The third-order valence-corrected chi connectivity index (χ3v) is 6.89. The number of aromatic nitrogens is 1. The van der Waals surface area contributed by atoms with Crippen molar-refractivity contribution >= 4 is 29.5 Å². The van der Waals surface area contributed by atoms with Crippen LogP contribution in [-0.2, 0) is 16.1 Å². The zero-order valence-electron chi connectivity index (χ0n) is 23.1. The highest BCUT2D eigenvalue weighted by molar-refractivity contribution is 6.01. The second-order valence-electron chi connectivity index (χ2n) is 10.2. The fraction of sp³-hybridized carbons (Fsp3) is 0.310. The van der Waals surface area contributed by atoms with E-state index in [1.54, 1.807) is 41.5 Å². The number of amides is 4. The third-order valence-electron chi connectivity index (χ3n) is 6.89. The fourth-order valence-corrected chi connectivity index (χ4v) is 4.71. The van der Waals surface area contributed by atoms with Gasteiger partial charge in [0.25, 0.3) is 0 Å². The number of anilines is 2. The van der Waals surface area contributed by atoms with E-state index in [0.29, 0.717) is 41.9 Å². The number of benzene rings is 2. The Balaban J connectivity index is 1.04. The average molecular weight is 578 g/mol. The summed E-state index contributed by atoms with van der Waals surface area (Å²) in [7, 11) is 2.11. The van der Waals surface area contributed by atoms with E-state index >= 15 is 0 Å². The van der Waals surface area contributed by atoms with Gasteiger partial charge in [0, 0.05) is 63.3 Å². The first-order valence-electron chi connectivity index (χ1n) is 13.5. The van der Waals surface area contributed by atoms with Crippen molar-refractivity contribution < 1.29 is 28.3 Å². The molecule has 0 spiro atoms. The molecule has 2 fully saturated rings. The highest BCUT2D eigenvalue weighted by Crippen LogP contribution is 2.24. The monoisotopic (exact) mass is 577 g/mol. The van der Waals surface area contributed by atoms with E-state index in [1.807, 2.05) is 0 Å². The summed E-state index contributed by atoms with van der Waals surface area (Å²) in [5.41, 5.74) is 1.02. The number of carbonyl (C=O) groups is 3. The number of hydroxylamine groups is 2. The Morgan fingerprint density at radius 3 is 2.33 bits per heavy atom. The lowest BCUT2D eigenvalue weighted by Crippen LogP contribution is -2.61. The number of nitrogens with zero attached hydrogens (tertiary/aromatic N) is 4. The third kappa shape index (κ3) is 8.22. The summed E-state index contributed by atoms with van der Waals surface area (Å²) in [6.45, 7) is 5.13. The Bertz CT molecular complexity index is 1390. The normalized spacial score (nSPS) is 16.2. The van der Waals surface area contributed by atoms with Crippen LogP contribution in [0, 0.1) is 5.82 Å². The first-order chi connectivity index (χ1) is 20.3. The molecule has 13 heteroatoms. The number of ether oxygens (including phenoxy) is 1. The van der Waals surface area contributed by atoms with Crippen molar-refractivity contribution in [2.45, 2.75) is 12.5 Å². The lowest BCUT2D eigenvalue weighted by atomic mass is 10.1. The van der Waals surface area contributed by atoms with E-state index in [2.05, 4.69) is 37.8 Å². The predicted molar refractivity (Wildman–Crippen MR) is 153 cm³/mol. The minimum atomic E-state index is -0.694. The van der Waals surface area contributed by atoms with Crippen LogP contribution in [0.25, 0.3) is 0 Å². The molecule has 12 nitrogen and oxygen atoms in total. The van der Waals surface area contributed by atoms with Crippen LogP contribution in [0.4, 0.5) is 25.5 Å². The number of hydrogen-bond acceptors (Lipinski definition) is 9. The molecule has 0 atom stereocenters. The van der Waals surface area contributed by atoms with Gasteiger partial charge in [-0.15, -0.1) is 5.06 Å². The van der Waals surface area contributed by atoms with E-state index < -0.39 is 23.8 Å². The maximum atomic E-state index is 13.0. The number of urea groups is 1. The molecule has 0 aliphatic carbocycles. The molecular formula is C29H32FN7O5. The lowest BCUT2D eigenvalue weighted by Gasteiger charge is -2.46. The Labute approximate surface area is 242 Å². The number of carbonyl (C=O) groups excluding carboxylic acids is 3. The second-order valence-corrected chi connectivity index (χ2v) is 10.2. The minimum Gasteiger partial charge on any atom is -0.457 e. The van der Waals surface area contributed by atoms with E-state index in [-0.39, 0.29) is 12.2 Å². The van der Waals surface area contributed by atoms with Crippen molar-refractivity contribution in [1.29, 1.82) is 0 Å². The Morgan fingerprint density at radius 1 is 0.929 bits per heavy atom. The topological polar surface area (TPSA) is 128 Å². The number of piperazine rings is 1. The molecule has 2 aliphatic heterocycles. The fourth-order valence-electron chi connectivity index (χ4n) is 4.71. The van der Waals surface area contributed by atoms with Crippen molar-refractivity contribution in [3.05, 3.63) is 78.2 Å². The number of hydrogen-bond donors (Lipinski definition) is 3. The molecule has 1 aromatic heterocycles. The van der Waals surface area contributed by atoms with Gasteiger partial charge in [-0.25, -0.2) is 19.0 Å². The first kappa shape index (κ1) is 28.9. The molecule has 2 aromatic carbocycles. The zero-order valence-corrected chi connectivity index (χ0v) is 23.1. The highest BCUT2D eigenvalue weighted by Gasteiger charge is 2.32. The molecule has 4 amide bonds. The van der Waals surface area contributed by atoms with Crippen LogP contribution in [0.1, 0.15) is 5.56 Å². The quantitative estimate of drug-likeness (QED) is 0.369. The van der Waals surface area contributed by atoms with Crippen LogP contribution >= 0.6 is 0 Å². The van der Waals surface area contributed by atoms with Crippen LogP contribution < -0.4 is 20.7 Å². The molecular weight excluding hydrogens is 545 g/mol. The van der Waals surface area contributed by atoms with Crippen LogP contribution in [-0.4, -0.2) is 90.2 Å². The standard InChI is InChI=1S/C29H32FN7O5/c1-35-18-23(19-35)36-12-14-37(15-13-36)42-29(40)33-26-17-25(10-11-31-26)41-24-8-6-22(7-9-24)32-28(39)34-27(38)16-20-2-4-21(30)5-3-20/h2-11,17,23H,12-16,18-19H2,1H3,(H,31,33,40)(H2,32,34,38,39). The summed E-state index contributed by atoms with van der Waals surface area (Å²) in [5.74, 6) is 0.258. The van der Waals surface area contributed by atoms with E-state index in [9.17, 15) is 18.8 Å². The molecule has 3 heterocycles. The van der Waals surface area contributed by atoms with Gasteiger partial charge in [0.15, 0.2) is 0 Å². The maximum Gasteiger partial charge on any atom is 0.431 e. The number of rotatable bonds is 8.